The van der Waals surface area contributed by atoms with Crippen LogP contribution in [-0.2, 0) is 11.3 Å². The highest BCUT2D eigenvalue weighted by Gasteiger charge is 2.24. The summed E-state index contributed by atoms with van der Waals surface area (Å²) >= 11 is 1.41. The van der Waals surface area contributed by atoms with Gasteiger partial charge in [-0.25, -0.2) is 4.79 Å². The molecule has 1 aliphatic rings. The molecule has 0 atom stereocenters. The monoisotopic (exact) mass is 487 g/mol. The molecular formula is C25H37N5O3S. The van der Waals surface area contributed by atoms with Gasteiger partial charge in [0.1, 0.15) is 0 Å². The summed E-state index contributed by atoms with van der Waals surface area (Å²) in [6.07, 6.45) is 2.18. The Hall–Kier alpha value is -2.62. The number of nitrogens with zero attached hydrogens (tertiary/aromatic N) is 3. The SMILES string of the molecule is CCNC(=O)N(CCOC)Cc1cc(NC(=O)c2cccs2)ccc1N(C)C1CCN(C)CC1. The first-order valence-corrected chi connectivity index (χ1v) is 12.7. The van der Waals surface area contributed by atoms with E-state index in [4.69, 9.17) is 4.74 Å². The third-order valence-electron chi connectivity index (χ3n) is 6.24. The molecule has 3 amide bonds. The topological polar surface area (TPSA) is 77.2 Å². The van der Waals surface area contributed by atoms with E-state index in [1.807, 2.05) is 36.6 Å². The first-order chi connectivity index (χ1) is 16.4. The van der Waals surface area contributed by atoms with Crippen LogP contribution in [0.25, 0.3) is 0 Å². The lowest BCUT2D eigenvalue weighted by Crippen LogP contribution is -2.43. The lowest BCUT2D eigenvalue weighted by Gasteiger charge is -2.38. The zero-order chi connectivity index (χ0) is 24.5. The Balaban J connectivity index is 1.88. The number of urea groups is 1. The van der Waals surface area contributed by atoms with Gasteiger partial charge < -0.3 is 30.1 Å². The molecule has 3 rings (SSSR count). The van der Waals surface area contributed by atoms with Crippen LogP contribution in [0.4, 0.5) is 16.2 Å². The minimum Gasteiger partial charge on any atom is -0.383 e. The second-order valence-electron chi connectivity index (χ2n) is 8.67. The van der Waals surface area contributed by atoms with Crippen LogP contribution in [0.3, 0.4) is 0 Å². The molecule has 1 aromatic heterocycles. The number of rotatable bonds is 10. The van der Waals surface area contributed by atoms with Gasteiger partial charge >= 0.3 is 6.03 Å². The maximum atomic E-state index is 12.8. The minimum absolute atomic E-state index is 0.125. The average molecular weight is 488 g/mol. The van der Waals surface area contributed by atoms with E-state index < -0.39 is 0 Å². The number of hydrogen-bond donors (Lipinski definition) is 2. The Bertz CT molecular complexity index is 929. The van der Waals surface area contributed by atoms with E-state index in [0.29, 0.717) is 37.2 Å². The van der Waals surface area contributed by atoms with Gasteiger partial charge in [-0.05, 0) is 75.1 Å². The third kappa shape index (κ3) is 6.94. The van der Waals surface area contributed by atoms with Crippen LogP contribution in [0.5, 0.6) is 0 Å². The maximum absolute atomic E-state index is 12.8. The Labute approximate surface area is 206 Å². The third-order valence-corrected chi connectivity index (χ3v) is 7.11. The zero-order valence-electron chi connectivity index (χ0n) is 20.7. The van der Waals surface area contributed by atoms with E-state index in [1.54, 1.807) is 12.0 Å². The zero-order valence-corrected chi connectivity index (χ0v) is 21.5. The summed E-state index contributed by atoms with van der Waals surface area (Å²) in [6, 6.07) is 9.98. The number of methoxy groups -OCH3 is 1. The number of hydrogen-bond acceptors (Lipinski definition) is 6. The number of piperidine rings is 1. The van der Waals surface area contributed by atoms with Crippen molar-refractivity contribution in [3.63, 3.8) is 0 Å². The number of likely N-dealkylation sites (tertiary alicyclic amines) is 1. The van der Waals surface area contributed by atoms with Crippen molar-refractivity contribution in [3.8, 4) is 0 Å². The van der Waals surface area contributed by atoms with E-state index in [0.717, 1.165) is 42.9 Å². The van der Waals surface area contributed by atoms with Crippen molar-refractivity contribution in [3.05, 3.63) is 46.2 Å². The van der Waals surface area contributed by atoms with Crippen LogP contribution in [0, 0.1) is 0 Å². The van der Waals surface area contributed by atoms with Crippen molar-refractivity contribution in [1.29, 1.82) is 0 Å². The molecule has 0 unspecified atom stereocenters. The Morgan fingerprint density at radius 3 is 2.65 bits per heavy atom. The fourth-order valence-electron chi connectivity index (χ4n) is 4.24. The van der Waals surface area contributed by atoms with Crippen LogP contribution in [0.15, 0.2) is 35.7 Å². The first kappa shape index (κ1) is 26.0. The maximum Gasteiger partial charge on any atom is 0.317 e. The van der Waals surface area contributed by atoms with Crippen molar-refractivity contribution < 1.29 is 14.3 Å². The van der Waals surface area contributed by atoms with Crippen molar-refractivity contribution in [2.75, 3.05) is 64.2 Å². The molecule has 0 bridgehead atoms. The summed E-state index contributed by atoms with van der Waals surface area (Å²) in [7, 11) is 5.92. The molecule has 1 aromatic carbocycles. The summed E-state index contributed by atoms with van der Waals surface area (Å²) in [5.41, 5.74) is 2.79. The molecule has 0 radical (unpaired) electrons. The Morgan fingerprint density at radius 2 is 2.00 bits per heavy atom. The van der Waals surface area contributed by atoms with Crippen LogP contribution in [0.2, 0.25) is 0 Å². The molecule has 2 aromatic rings. The van der Waals surface area contributed by atoms with E-state index in [-0.39, 0.29) is 11.9 Å². The summed E-state index contributed by atoms with van der Waals surface area (Å²) in [6.45, 7) is 5.95. The Morgan fingerprint density at radius 1 is 1.24 bits per heavy atom. The summed E-state index contributed by atoms with van der Waals surface area (Å²) in [4.78, 5) is 32.5. The summed E-state index contributed by atoms with van der Waals surface area (Å²) < 4.78 is 5.25. The predicted octanol–water partition coefficient (Wildman–Crippen LogP) is 3.71. The van der Waals surface area contributed by atoms with Gasteiger partial charge in [-0.2, -0.15) is 0 Å². The number of thiophene rings is 1. The quantitative estimate of drug-likeness (QED) is 0.534. The molecule has 186 valence electrons. The molecule has 1 fully saturated rings. The molecule has 1 aliphatic heterocycles. The predicted molar refractivity (Wildman–Crippen MR) is 139 cm³/mol. The van der Waals surface area contributed by atoms with Gasteiger partial charge in [0.05, 0.1) is 11.5 Å². The van der Waals surface area contributed by atoms with E-state index >= 15 is 0 Å². The fourth-order valence-corrected chi connectivity index (χ4v) is 4.85. The minimum atomic E-state index is -0.127. The molecule has 0 aliphatic carbocycles. The second-order valence-corrected chi connectivity index (χ2v) is 9.62. The van der Waals surface area contributed by atoms with Crippen molar-refractivity contribution >= 4 is 34.6 Å². The van der Waals surface area contributed by atoms with Crippen LogP contribution in [0.1, 0.15) is 35.0 Å². The van der Waals surface area contributed by atoms with E-state index in [9.17, 15) is 9.59 Å². The van der Waals surface area contributed by atoms with Gasteiger partial charge in [0.15, 0.2) is 0 Å². The highest BCUT2D eigenvalue weighted by molar-refractivity contribution is 7.12. The smallest absolute Gasteiger partial charge is 0.317 e. The number of amides is 3. The van der Waals surface area contributed by atoms with Crippen molar-refractivity contribution in [2.45, 2.75) is 32.4 Å². The number of ether oxygens (including phenoxy) is 1. The lowest BCUT2D eigenvalue weighted by molar-refractivity contribution is 0.103. The summed E-state index contributed by atoms with van der Waals surface area (Å²) in [5.74, 6) is -0.127. The molecule has 0 spiro atoms. The normalized spacial score (nSPS) is 14.6. The van der Waals surface area contributed by atoms with E-state index in [2.05, 4.69) is 40.6 Å². The number of carbonyl (C=O) groups excluding carboxylic acids is 2. The lowest BCUT2D eigenvalue weighted by atomic mass is 10.0. The molecule has 2 N–H and O–H groups in total. The number of carbonyl (C=O) groups is 2. The van der Waals surface area contributed by atoms with Crippen LogP contribution in [-0.4, -0.2) is 81.8 Å². The standard InChI is InChI=1S/C25H37N5O3S/c1-5-26-25(32)30(14-15-33-4)18-19-17-20(27-24(31)23-7-6-16-34-23)8-9-22(19)29(3)21-10-12-28(2)13-11-21/h6-9,16-17,21H,5,10-15,18H2,1-4H3,(H,26,32)(H,27,31). The van der Waals surface area contributed by atoms with E-state index in [1.165, 1.54) is 11.3 Å². The van der Waals surface area contributed by atoms with Crippen molar-refractivity contribution in [1.82, 2.24) is 15.1 Å². The second kappa shape index (κ2) is 12.7. The number of nitrogens with one attached hydrogen (secondary N) is 2. The molecule has 9 heteroatoms. The molecule has 8 nitrogen and oxygen atoms in total. The average Bonchev–Trinajstić information content (AvgIpc) is 3.37. The summed E-state index contributed by atoms with van der Waals surface area (Å²) in [5, 5.41) is 7.80. The highest BCUT2D eigenvalue weighted by atomic mass is 32.1. The number of benzene rings is 1. The van der Waals surface area contributed by atoms with Gasteiger partial charge in [-0.15, -0.1) is 11.3 Å². The highest BCUT2D eigenvalue weighted by Crippen LogP contribution is 2.29. The van der Waals surface area contributed by atoms with Gasteiger partial charge in [-0.1, -0.05) is 6.07 Å². The number of anilines is 2. The van der Waals surface area contributed by atoms with Crippen molar-refractivity contribution in [2.24, 2.45) is 0 Å². The molecule has 2 heterocycles. The van der Waals surface area contributed by atoms with Gasteiger partial charge in [0.2, 0.25) is 0 Å². The Kier molecular flexibility index (Phi) is 9.74. The van der Waals surface area contributed by atoms with Gasteiger partial charge in [0.25, 0.3) is 5.91 Å². The molecule has 0 saturated carbocycles. The molecular weight excluding hydrogens is 450 g/mol. The van der Waals surface area contributed by atoms with Gasteiger partial charge in [0, 0.05) is 51.2 Å². The van der Waals surface area contributed by atoms with Crippen LogP contribution < -0.4 is 15.5 Å². The molecule has 1 saturated heterocycles. The van der Waals surface area contributed by atoms with Gasteiger partial charge in [-0.3, -0.25) is 4.79 Å². The van der Waals surface area contributed by atoms with Crippen LogP contribution >= 0.6 is 11.3 Å². The largest absolute Gasteiger partial charge is 0.383 e. The molecule has 34 heavy (non-hydrogen) atoms. The first-order valence-electron chi connectivity index (χ1n) is 11.8. The fraction of sp³-hybridized carbons (Fsp3) is 0.520.